The predicted octanol–water partition coefficient (Wildman–Crippen LogP) is 5.66. The van der Waals surface area contributed by atoms with Crippen molar-refractivity contribution in [3.63, 3.8) is 0 Å². The van der Waals surface area contributed by atoms with Crippen LogP contribution in [0.25, 0.3) is 0 Å². The van der Waals surface area contributed by atoms with Crippen LogP contribution in [0.15, 0.2) is 55.0 Å². The number of fused-ring (bicyclic) bond motifs is 1. The van der Waals surface area contributed by atoms with Gasteiger partial charge in [-0.1, -0.05) is 44.2 Å². The van der Waals surface area contributed by atoms with Crippen LogP contribution in [0.3, 0.4) is 0 Å². The number of piperidine rings is 1. The molecule has 1 fully saturated rings. The van der Waals surface area contributed by atoms with Crippen molar-refractivity contribution in [1.29, 1.82) is 0 Å². The number of benzene rings is 2. The molecule has 2 aromatic carbocycles. The van der Waals surface area contributed by atoms with Gasteiger partial charge in [0, 0.05) is 37.4 Å². The molecule has 0 spiro atoms. The average molecular weight is 474 g/mol. The van der Waals surface area contributed by atoms with E-state index in [0.717, 1.165) is 54.0 Å². The molecule has 3 heterocycles. The lowest BCUT2D eigenvalue weighted by molar-refractivity contribution is 0.159. The number of amides is 2. The van der Waals surface area contributed by atoms with Gasteiger partial charge in [0.1, 0.15) is 12.1 Å². The molecule has 0 aliphatic carbocycles. The van der Waals surface area contributed by atoms with Gasteiger partial charge in [0.2, 0.25) is 0 Å². The molecule has 5 rings (SSSR count). The van der Waals surface area contributed by atoms with Crippen LogP contribution < -0.4 is 9.80 Å². The van der Waals surface area contributed by atoms with Gasteiger partial charge in [0.05, 0.1) is 23.6 Å². The molecule has 6 nitrogen and oxygen atoms in total. The van der Waals surface area contributed by atoms with Crippen molar-refractivity contribution in [3.05, 3.63) is 83.2 Å². The van der Waals surface area contributed by atoms with E-state index in [1.165, 1.54) is 6.07 Å². The quantitative estimate of drug-likeness (QED) is 0.480. The summed E-state index contributed by atoms with van der Waals surface area (Å²) in [6, 6.07) is 13.5. The van der Waals surface area contributed by atoms with E-state index in [-0.39, 0.29) is 23.8 Å². The molecule has 1 aromatic heterocycles. The van der Waals surface area contributed by atoms with E-state index in [9.17, 15) is 9.18 Å². The maximum Gasteiger partial charge on any atom is 0.325 e. The average Bonchev–Trinajstić information content (AvgIpc) is 2.86. The van der Waals surface area contributed by atoms with Crippen molar-refractivity contribution >= 4 is 17.4 Å². The number of aryl methyl sites for hydroxylation is 1. The van der Waals surface area contributed by atoms with Crippen LogP contribution in [0.1, 0.15) is 55.0 Å². The predicted molar refractivity (Wildman–Crippen MR) is 136 cm³/mol. The highest BCUT2D eigenvalue weighted by Crippen LogP contribution is 2.35. The van der Waals surface area contributed by atoms with Crippen molar-refractivity contribution in [1.82, 2.24) is 14.9 Å². The largest absolute Gasteiger partial charge is 0.369 e. The molecule has 2 aliphatic heterocycles. The number of carbonyl (C=O) groups is 1. The molecule has 35 heavy (non-hydrogen) atoms. The Balaban J connectivity index is 1.38. The van der Waals surface area contributed by atoms with Gasteiger partial charge in [-0.15, -0.1) is 0 Å². The summed E-state index contributed by atoms with van der Waals surface area (Å²) < 4.78 is 14.5. The first-order valence-corrected chi connectivity index (χ1v) is 12.4. The van der Waals surface area contributed by atoms with E-state index in [4.69, 9.17) is 0 Å². The number of halogens is 1. The summed E-state index contributed by atoms with van der Waals surface area (Å²) >= 11 is 0. The number of rotatable bonds is 5. The number of anilines is 2. The molecule has 0 bridgehead atoms. The van der Waals surface area contributed by atoms with Crippen molar-refractivity contribution in [2.45, 2.75) is 58.7 Å². The third kappa shape index (κ3) is 4.47. The number of urea groups is 1. The molecule has 0 unspecified atom stereocenters. The Hall–Kier alpha value is -3.48. The SMILES string of the molecule is Cc1cccc(F)c1N1CCC(N2Cc3ccccc3N(Cc3cncnc3C(C)C)C2=O)CC1. The first kappa shape index (κ1) is 23.3. The van der Waals surface area contributed by atoms with Gasteiger partial charge in [0.25, 0.3) is 0 Å². The van der Waals surface area contributed by atoms with Gasteiger partial charge in [-0.25, -0.2) is 19.2 Å². The smallest absolute Gasteiger partial charge is 0.325 e. The monoisotopic (exact) mass is 473 g/mol. The first-order valence-electron chi connectivity index (χ1n) is 12.4. The summed E-state index contributed by atoms with van der Waals surface area (Å²) in [5.41, 5.74) is 5.67. The van der Waals surface area contributed by atoms with E-state index in [1.807, 2.05) is 47.2 Å². The van der Waals surface area contributed by atoms with Gasteiger partial charge < -0.3 is 9.80 Å². The molecule has 2 aliphatic rings. The molecular weight excluding hydrogens is 441 g/mol. The molecule has 0 atom stereocenters. The summed E-state index contributed by atoms with van der Waals surface area (Å²) in [5, 5.41) is 0. The van der Waals surface area contributed by atoms with E-state index in [2.05, 4.69) is 34.8 Å². The van der Waals surface area contributed by atoms with Crippen LogP contribution in [-0.4, -0.2) is 40.0 Å². The molecule has 3 aromatic rings. The molecular formula is C28H32FN5O. The summed E-state index contributed by atoms with van der Waals surface area (Å²) in [6.45, 7) is 8.64. The van der Waals surface area contributed by atoms with Crippen LogP contribution in [0.5, 0.6) is 0 Å². The van der Waals surface area contributed by atoms with Crippen LogP contribution in [0.2, 0.25) is 0 Å². The summed E-state index contributed by atoms with van der Waals surface area (Å²) in [7, 11) is 0. The van der Waals surface area contributed by atoms with Crippen LogP contribution >= 0.6 is 0 Å². The highest BCUT2D eigenvalue weighted by Gasteiger charge is 2.36. The van der Waals surface area contributed by atoms with Crippen molar-refractivity contribution in [2.24, 2.45) is 0 Å². The molecule has 7 heteroatoms. The number of nitrogens with zero attached hydrogens (tertiary/aromatic N) is 5. The van der Waals surface area contributed by atoms with Crippen molar-refractivity contribution in [2.75, 3.05) is 22.9 Å². The van der Waals surface area contributed by atoms with E-state index in [0.29, 0.717) is 18.8 Å². The number of carbonyl (C=O) groups excluding carboxylic acids is 1. The van der Waals surface area contributed by atoms with Crippen LogP contribution in [0.4, 0.5) is 20.6 Å². The summed E-state index contributed by atoms with van der Waals surface area (Å²) in [4.78, 5) is 28.6. The van der Waals surface area contributed by atoms with Gasteiger partial charge in [-0.2, -0.15) is 0 Å². The fourth-order valence-electron chi connectivity index (χ4n) is 5.46. The van der Waals surface area contributed by atoms with Crippen molar-refractivity contribution in [3.8, 4) is 0 Å². The fraction of sp³-hybridized carbons (Fsp3) is 0.393. The molecule has 1 saturated heterocycles. The molecule has 2 amide bonds. The second kappa shape index (κ2) is 9.64. The van der Waals surface area contributed by atoms with E-state index >= 15 is 0 Å². The lowest BCUT2D eigenvalue weighted by Gasteiger charge is -2.44. The van der Waals surface area contributed by atoms with Crippen LogP contribution in [0, 0.1) is 12.7 Å². The maximum absolute atomic E-state index is 14.5. The summed E-state index contributed by atoms with van der Waals surface area (Å²) in [5.74, 6) is 0.0639. The van der Waals surface area contributed by atoms with E-state index in [1.54, 1.807) is 12.4 Å². The van der Waals surface area contributed by atoms with Gasteiger partial charge in [-0.05, 0) is 48.9 Å². The first-order chi connectivity index (χ1) is 16.9. The Labute approximate surface area is 206 Å². The van der Waals surface area contributed by atoms with Crippen LogP contribution in [-0.2, 0) is 13.1 Å². The maximum atomic E-state index is 14.5. The minimum absolute atomic E-state index is 0.0165. The Morgan fingerprint density at radius 1 is 1.09 bits per heavy atom. The minimum atomic E-state index is -0.177. The third-order valence-corrected chi connectivity index (χ3v) is 7.21. The second-order valence-electron chi connectivity index (χ2n) is 9.84. The Bertz CT molecular complexity index is 1200. The topological polar surface area (TPSA) is 52.6 Å². The van der Waals surface area contributed by atoms with E-state index < -0.39 is 0 Å². The lowest BCUT2D eigenvalue weighted by atomic mass is 9.98. The highest BCUT2D eigenvalue weighted by molar-refractivity contribution is 5.95. The summed E-state index contributed by atoms with van der Waals surface area (Å²) in [6.07, 6.45) is 5.01. The zero-order valence-electron chi connectivity index (χ0n) is 20.6. The number of hydrogen-bond acceptors (Lipinski definition) is 4. The Kier molecular flexibility index (Phi) is 6.41. The molecule has 0 radical (unpaired) electrons. The minimum Gasteiger partial charge on any atom is -0.369 e. The normalized spacial score (nSPS) is 16.7. The van der Waals surface area contributed by atoms with Gasteiger partial charge in [-0.3, -0.25) is 4.90 Å². The zero-order chi connectivity index (χ0) is 24.5. The second-order valence-corrected chi connectivity index (χ2v) is 9.84. The Morgan fingerprint density at radius 3 is 2.60 bits per heavy atom. The zero-order valence-corrected chi connectivity index (χ0v) is 20.6. The number of hydrogen-bond donors (Lipinski definition) is 0. The van der Waals surface area contributed by atoms with Crippen molar-refractivity contribution < 1.29 is 9.18 Å². The number of para-hydroxylation sites is 2. The molecule has 0 saturated carbocycles. The van der Waals surface area contributed by atoms with Gasteiger partial charge >= 0.3 is 6.03 Å². The van der Waals surface area contributed by atoms with Gasteiger partial charge in [0.15, 0.2) is 0 Å². The standard InChI is InChI=1S/C28H32FN5O/c1-19(2)26-22(15-30-18-31-26)17-34-25-10-5-4-8-21(25)16-33(28(34)35)23-11-13-32(14-12-23)27-20(3)7-6-9-24(27)29/h4-10,15,18-19,23H,11-14,16-17H2,1-3H3. The lowest BCUT2D eigenvalue weighted by Crippen LogP contribution is -2.54. The molecule has 182 valence electrons. The molecule has 0 N–H and O–H groups in total. The highest BCUT2D eigenvalue weighted by atomic mass is 19.1. The number of aromatic nitrogens is 2. The Morgan fingerprint density at radius 2 is 1.86 bits per heavy atom. The third-order valence-electron chi connectivity index (χ3n) is 7.21. The fourth-order valence-corrected chi connectivity index (χ4v) is 5.46.